The highest BCUT2D eigenvalue weighted by molar-refractivity contribution is 7.80. The van der Waals surface area contributed by atoms with Crippen LogP contribution in [0.25, 0.3) is 0 Å². The van der Waals surface area contributed by atoms with Gasteiger partial charge in [-0.3, -0.25) is 0 Å². The molecular weight excluding hydrogens is 306 g/mol. The lowest BCUT2D eigenvalue weighted by Gasteiger charge is -2.28. The summed E-state index contributed by atoms with van der Waals surface area (Å²) in [4.78, 5) is 4.32. The lowest BCUT2D eigenvalue weighted by molar-refractivity contribution is 0.412. The van der Waals surface area contributed by atoms with E-state index in [0.29, 0.717) is 5.11 Å². The molecule has 1 aliphatic rings. The maximum atomic E-state index is 5.47. The highest BCUT2D eigenvalue weighted by atomic mass is 32.1. The smallest absolute Gasteiger partial charge is 0.172 e. The van der Waals surface area contributed by atoms with Crippen molar-refractivity contribution in [2.45, 2.75) is 32.2 Å². The first kappa shape index (κ1) is 15.7. The summed E-state index contributed by atoms with van der Waals surface area (Å²) in [6.07, 6.45) is 5.07. The number of hydrogen-bond donors (Lipinski definition) is 2. The highest BCUT2D eigenvalue weighted by Crippen LogP contribution is 2.32. The van der Waals surface area contributed by atoms with Crippen LogP contribution in [0.5, 0.6) is 5.75 Å². The molecule has 4 nitrogen and oxygen atoms in total. The van der Waals surface area contributed by atoms with Gasteiger partial charge in [-0.15, -0.1) is 0 Å². The van der Waals surface area contributed by atoms with E-state index in [9.17, 15) is 0 Å². The van der Waals surface area contributed by atoms with E-state index in [1.54, 1.807) is 13.3 Å². The standard InChI is InChI=1S/C18H21N3OS/c1-12-5-4-10-19-17(12)21-18(23)20-16-7-3-6-13-11-14(22-2)8-9-15(13)16/h4-5,8-11,16H,3,6-7H2,1-2H3,(H2,19,20,21,23)/t16-/m0/s1. The summed E-state index contributed by atoms with van der Waals surface area (Å²) in [5.41, 5.74) is 3.72. The molecule has 1 atom stereocenters. The zero-order valence-electron chi connectivity index (χ0n) is 13.4. The topological polar surface area (TPSA) is 46.2 Å². The molecule has 0 bridgehead atoms. The first-order valence-electron chi connectivity index (χ1n) is 7.83. The monoisotopic (exact) mass is 327 g/mol. The number of benzene rings is 1. The molecule has 0 unspecified atom stereocenters. The molecule has 0 radical (unpaired) electrons. The number of aryl methyl sites for hydroxylation is 2. The van der Waals surface area contributed by atoms with E-state index >= 15 is 0 Å². The molecule has 5 heteroatoms. The average molecular weight is 327 g/mol. The van der Waals surface area contributed by atoms with Crippen LogP contribution in [0.4, 0.5) is 5.82 Å². The number of thiocarbonyl (C=S) groups is 1. The fraction of sp³-hybridized carbons (Fsp3) is 0.333. The molecular formula is C18H21N3OS. The third-order valence-corrected chi connectivity index (χ3v) is 4.43. The lowest BCUT2D eigenvalue weighted by atomic mass is 9.87. The van der Waals surface area contributed by atoms with Crippen LogP contribution < -0.4 is 15.4 Å². The molecule has 1 aromatic heterocycles. The summed E-state index contributed by atoms with van der Waals surface area (Å²) in [5.74, 6) is 1.71. The molecule has 0 spiro atoms. The van der Waals surface area contributed by atoms with Crippen LogP contribution in [0.3, 0.4) is 0 Å². The van der Waals surface area contributed by atoms with Gasteiger partial charge >= 0.3 is 0 Å². The predicted molar refractivity (Wildman–Crippen MR) is 97.0 cm³/mol. The van der Waals surface area contributed by atoms with Gasteiger partial charge in [-0.05, 0) is 73.3 Å². The van der Waals surface area contributed by atoms with Crippen molar-refractivity contribution in [2.75, 3.05) is 12.4 Å². The molecule has 1 heterocycles. The van der Waals surface area contributed by atoms with Crippen molar-refractivity contribution >= 4 is 23.1 Å². The third kappa shape index (κ3) is 3.62. The molecule has 0 saturated carbocycles. The van der Waals surface area contributed by atoms with Crippen molar-refractivity contribution < 1.29 is 4.74 Å². The SMILES string of the molecule is COc1ccc2c(c1)CCC[C@@H]2NC(=S)Nc1ncccc1C. The minimum absolute atomic E-state index is 0.230. The van der Waals surface area contributed by atoms with Gasteiger partial charge in [0.1, 0.15) is 11.6 Å². The number of aromatic nitrogens is 1. The fourth-order valence-electron chi connectivity index (χ4n) is 2.99. The Morgan fingerprint density at radius 3 is 3.00 bits per heavy atom. The van der Waals surface area contributed by atoms with Gasteiger partial charge in [0.15, 0.2) is 5.11 Å². The van der Waals surface area contributed by atoms with Crippen molar-refractivity contribution in [3.05, 3.63) is 53.2 Å². The molecule has 0 saturated heterocycles. The van der Waals surface area contributed by atoms with E-state index in [-0.39, 0.29) is 6.04 Å². The van der Waals surface area contributed by atoms with E-state index in [0.717, 1.165) is 36.4 Å². The van der Waals surface area contributed by atoms with Crippen molar-refractivity contribution in [1.29, 1.82) is 0 Å². The zero-order chi connectivity index (χ0) is 16.2. The molecule has 0 amide bonds. The molecule has 23 heavy (non-hydrogen) atoms. The van der Waals surface area contributed by atoms with Crippen molar-refractivity contribution in [2.24, 2.45) is 0 Å². The van der Waals surface area contributed by atoms with Gasteiger partial charge in [-0.2, -0.15) is 0 Å². The Hall–Kier alpha value is -2.14. The van der Waals surface area contributed by atoms with Gasteiger partial charge in [0.2, 0.25) is 0 Å². The molecule has 3 rings (SSSR count). The summed E-state index contributed by atoms with van der Waals surface area (Å²) >= 11 is 5.47. The number of anilines is 1. The lowest BCUT2D eigenvalue weighted by Crippen LogP contribution is -2.34. The van der Waals surface area contributed by atoms with Gasteiger partial charge in [0.05, 0.1) is 13.2 Å². The number of rotatable bonds is 3. The minimum Gasteiger partial charge on any atom is -0.497 e. The third-order valence-electron chi connectivity index (χ3n) is 4.21. The van der Waals surface area contributed by atoms with Crippen molar-refractivity contribution in [3.63, 3.8) is 0 Å². The van der Waals surface area contributed by atoms with Crippen LogP contribution in [0.15, 0.2) is 36.5 Å². The molecule has 0 fully saturated rings. The van der Waals surface area contributed by atoms with Crippen LogP contribution in [-0.2, 0) is 6.42 Å². The highest BCUT2D eigenvalue weighted by Gasteiger charge is 2.21. The second-order valence-electron chi connectivity index (χ2n) is 5.78. The van der Waals surface area contributed by atoms with Gasteiger partial charge in [0.25, 0.3) is 0 Å². The second-order valence-corrected chi connectivity index (χ2v) is 6.19. The largest absolute Gasteiger partial charge is 0.497 e. The number of pyridine rings is 1. The van der Waals surface area contributed by atoms with Crippen molar-refractivity contribution in [3.8, 4) is 5.75 Å². The Balaban J connectivity index is 1.72. The van der Waals surface area contributed by atoms with Crippen LogP contribution in [0.2, 0.25) is 0 Å². The van der Waals surface area contributed by atoms with Gasteiger partial charge in [-0.25, -0.2) is 4.98 Å². The normalized spacial score (nSPS) is 16.3. The maximum absolute atomic E-state index is 5.47. The number of nitrogens with zero attached hydrogens (tertiary/aromatic N) is 1. The zero-order valence-corrected chi connectivity index (χ0v) is 14.2. The van der Waals surface area contributed by atoms with E-state index in [2.05, 4.69) is 27.8 Å². The Morgan fingerprint density at radius 2 is 2.22 bits per heavy atom. The summed E-state index contributed by atoms with van der Waals surface area (Å²) < 4.78 is 5.32. The number of ether oxygens (including phenoxy) is 1. The molecule has 2 N–H and O–H groups in total. The van der Waals surface area contributed by atoms with E-state index in [1.165, 1.54) is 11.1 Å². The van der Waals surface area contributed by atoms with Gasteiger partial charge in [0, 0.05) is 6.20 Å². The molecule has 120 valence electrons. The Morgan fingerprint density at radius 1 is 1.35 bits per heavy atom. The molecule has 1 aliphatic carbocycles. The van der Waals surface area contributed by atoms with E-state index in [4.69, 9.17) is 17.0 Å². The summed E-state index contributed by atoms with van der Waals surface area (Å²) in [7, 11) is 1.70. The number of fused-ring (bicyclic) bond motifs is 1. The Bertz CT molecular complexity index is 717. The Kier molecular flexibility index (Phi) is 4.76. The van der Waals surface area contributed by atoms with Crippen LogP contribution in [0.1, 0.15) is 35.6 Å². The molecule has 1 aromatic carbocycles. The average Bonchev–Trinajstić information content (AvgIpc) is 2.56. The first-order chi connectivity index (χ1) is 11.2. The Labute approximate surface area is 142 Å². The van der Waals surface area contributed by atoms with Gasteiger partial charge in [-0.1, -0.05) is 12.1 Å². The van der Waals surface area contributed by atoms with Crippen LogP contribution in [-0.4, -0.2) is 17.2 Å². The van der Waals surface area contributed by atoms with Gasteiger partial charge < -0.3 is 15.4 Å². The molecule has 0 aliphatic heterocycles. The number of hydrogen-bond acceptors (Lipinski definition) is 3. The van der Waals surface area contributed by atoms with E-state index in [1.807, 2.05) is 25.1 Å². The maximum Gasteiger partial charge on any atom is 0.172 e. The predicted octanol–water partition coefficient (Wildman–Crippen LogP) is 3.76. The second kappa shape index (κ2) is 6.96. The number of nitrogens with one attached hydrogen (secondary N) is 2. The van der Waals surface area contributed by atoms with Crippen LogP contribution >= 0.6 is 12.2 Å². The first-order valence-corrected chi connectivity index (χ1v) is 8.24. The minimum atomic E-state index is 0.230. The summed E-state index contributed by atoms with van der Waals surface area (Å²) in [6, 6.07) is 10.4. The van der Waals surface area contributed by atoms with Crippen LogP contribution in [0, 0.1) is 6.92 Å². The van der Waals surface area contributed by atoms with E-state index < -0.39 is 0 Å². The summed E-state index contributed by atoms with van der Waals surface area (Å²) in [5, 5.41) is 7.23. The number of methoxy groups -OCH3 is 1. The molecule has 2 aromatic rings. The van der Waals surface area contributed by atoms with Crippen molar-refractivity contribution in [1.82, 2.24) is 10.3 Å². The summed E-state index contributed by atoms with van der Waals surface area (Å²) in [6.45, 7) is 2.01. The quantitative estimate of drug-likeness (QED) is 0.841. The fourth-order valence-corrected chi connectivity index (χ4v) is 3.22.